The maximum Gasteiger partial charge on any atom is 0.223 e. The smallest absolute Gasteiger partial charge is 0.223 e. The van der Waals surface area contributed by atoms with Gasteiger partial charge in [0.2, 0.25) is 15.9 Å². The molecule has 1 aromatic heterocycles. The van der Waals surface area contributed by atoms with Gasteiger partial charge in [0.25, 0.3) is 0 Å². The third-order valence-corrected chi connectivity index (χ3v) is 8.42. The predicted molar refractivity (Wildman–Crippen MR) is 133 cm³/mol. The molecule has 2 heterocycles. The fourth-order valence-corrected chi connectivity index (χ4v) is 6.02. The molecule has 1 fully saturated rings. The van der Waals surface area contributed by atoms with Gasteiger partial charge in [-0.15, -0.1) is 0 Å². The van der Waals surface area contributed by atoms with Crippen molar-refractivity contribution in [3.8, 4) is 5.69 Å². The second kappa shape index (κ2) is 11.0. The largest absolute Gasteiger partial charge is 0.352 e. The number of piperidine rings is 1. The first-order valence-corrected chi connectivity index (χ1v) is 13.4. The van der Waals surface area contributed by atoms with Crippen molar-refractivity contribution >= 4 is 15.9 Å². The lowest BCUT2D eigenvalue weighted by Crippen LogP contribution is -2.43. The first kappa shape index (κ1) is 24.2. The molecule has 0 bridgehead atoms. The van der Waals surface area contributed by atoms with Gasteiger partial charge in [-0.3, -0.25) is 4.79 Å². The van der Waals surface area contributed by atoms with Crippen LogP contribution in [-0.2, 0) is 27.8 Å². The third kappa shape index (κ3) is 5.93. The van der Waals surface area contributed by atoms with Crippen LogP contribution < -0.4 is 5.32 Å². The monoisotopic (exact) mass is 480 g/mol. The van der Waals surface area contributed by atoms with Crippen LogP contribution >= 0.6 is 0 Å². The Morgan fingerprint density at radius 2 is 1.76 bits per heavy atom. The maximum absolute atomic E-state index is 12.8. The molecule has 0 radical (unpaired) electrons. The summed E-state index contributed by atoms with van der Waals surface area (Å²) in [6.45, 7) is 3.16. The minimum absolute atomic E-state index is 0.0155. The fourth-order valence-electron chi connectivity index (χ4n) is 4.48. The summed E-state index contributed by atoms with van der Waals surface area (Å²) >= 11 is 0. The molecule has 3 aromatic rings. The number of benzene rings is 2. The molecule has 4 rings (SSSR count). The minimum Gasteiger partial charge on any atom is -0.352 e. The van der Waals surface area contributed by atoms with Crippen molar-refractivity contribution in [2.75, 3.05) is 18.8 Å². The number of nitrogens with one attached hydrogen (secondary N) is 1. The fraction of sp³-hybridized carbons (Fsp3) is 0.385. The Morgan fingerprint density at radius 3 is 2.47 bits per heavy atom. The summed E-state index contributed by atoms with van der Waals surface area (Å²) in [5, 5.41) is 3.06. The number of rotatable bonds is 9. The molecule has 1 N–H and O–H groups in total. The molecular formula is C26H32N4O3S. The quantitative estimate of drug-likeness (QED) is 0.508. The summed E-state index contributed by atoms with van der Waals surface area (Å²) in [4.78, 5) is 17.1. The molecule has 0 spiro atoms. The average molecular weight is 481 g/mol. The number of aromatic nitrogens is 2. The predicted octanol–water partition coefficient (Wildman–Crippen LogP) is 3.47. The number of hydrogen-bond acceptors (Lipinski definition) is 4. The first-order valence-electron chi connectivity index (χ1n) is 11.8. The number of carbonyl (C=O) groups excluding carboxylic acids is 1. The van der Waals surface area contributed by atoms with Crippen molar-refractivity contribution in [1.29, 1.82) is 0 Å². The van der Waals surface area contributed by atoms with Gasteiger partial charge in [0.05, 0.1) is 11.4 Å². The Kier molecular flexibility index (Phi) is 7.80. The van der Waals surface area contributed by atoms with Crippen LogP contribution in [-0.4, -0.2) is 47.0 Å². The molecule has 1 aliphatic rings. The highest BCUT2D eigenvalue weighted by atomic mass is 32.2. The SMILES string of the molecule is Cc1nccn1-c1ccccc1CNC(=O)C1CCN(S(=O)(=O)CCCc2ccccc2)CC1. The van der Waals surface area contributed by atoms with Crippen LogP contribution in [0.15, 0.2) is 67.0 Å². The molecule has 180 valence electrons. The third-order valence-electron chi connectivity index (χ3n) is 6.46. The number of imidazole rings is 1. The van der Waals surface area contributed by atoms with E-state index in [1.54, 1.807) is 10.5 Å². The number of carbonyl (C=O) groups is 1. The number of amides is 1. The topological polar surface area (TPSA) is 84.3 Å². The molecule has 0 atom stereocenters. The van der Waals surface area contributed by atoms with Gasteiger partial charge in [0, 0.05) is 37.9 Å². The Bertz CT molecular complexity index is 1200. The van der Waals surface area contributed by atoms with E-state index >= 15 is 0 Å². The van der Waals surface area contributed by atoms with E-state index in [-0.39, 0.29) is 17.6 Å². The molecule has 2 aromatic carbocycles. The average Bonchev–Trinajstić information content (AvgIpc) is 3.29. The highest BCUT2D eigenvalue weighted by molar-refractivity contribution is 7.89. The van der Waals surface area contributed by atoms with Crippen LogP contribution in [0.4, 0.5) is 0 Å². The van der Waals surface area contributed by atoms with Crippen LogP contribution in [0, 0.1) is 12.8 Å². The van der Waals surface area contributed by atoms with E-state index in [1.165, 1.54) is 0 Å². The van der Waals surface area contributed by atoms with Crippen LogP contribution in [0.3, 0.4) is 0 Å². The zero-order valence-corrected chi connectivity index (χ0v) is 20.4. The standard InChI is InChI=1S/C26H32N4O3S/c1-21-27-15-18-30(21)25-12-6-5-11-24(25)20-28-26(31)23-13-16-29(17-14-23)34(32,33)19-7-10-22-8-3-2-4-9-22/h2-6,8-9,11-12,15,18,23H,7,10,13-14,16-17,19-20H2,1H3,(H,28,31). The highest BCUT2D eigenvalue weighted by Crippen LogP contribution is 2.22. The Hall–Kier alpha value is -2.97. The van der Waals surface area contributed by atoms with E-state index < -0.39 is 10.0 Å². The lowest BCUT2D eigenvalue weighted by molar-refractivity contribution is -0.126. The molecule has 8 heteroatoms. The summed E-state index contributed by atoms with van der Waals surface area (Å²) < 4.78 is 29.1. The maximum atomic E-state index is 12.8. The Balaban J connectivity index is 1.26. The van der Waals surface area contributed by atoms with Gasteiger partial charge in [-0.25, -0.2) is 17.7 Å². The Labute approximate surface area is 201 Å². The van der Waals surface area contributed by atoms with E-state index in [0.29, 0.717) is 38.9 Å². The molecule has 34 heavy (non-hydrogen) atoms. The number of aryl methyl sites for hydroxylation is 2. The summed E-state index contributed by atoms with van der Waals surface area (Å²) in [6.07, 6.45) is 6.11. The number of nitrogens with zero attached hydrogens (tertiary/aromatic N) is 3. The minimum atomic E-state index is -3.30. The summed E-state index contributed by atoms with van der Waals surface area (Å²) in [7, 11) is -3.30. The second-order valence-electron chi connectivity index (χ2n) is 8.77. The van der Waals surface area contributed by atoms with Crippen LogP contribution in [0.2, 0.25) is 0 Å². The number of sulfonamides is 1. The van der Waals surface area contributed by atoms with Crippen molar-refractivity contribution in [1.82, 2.24) is 19.2 Å². The van der Waals surface area contributed by atoms with Crippen LogP contribution in [0.1, 0.15) is 36.2 Å². The summed E-state index contributed by atoms with van der Waals surface area (Å²) in [5.41, 5.74) is 3.16. The normalized spacial score (nSPS) is 15.3. The van der Waals surface area contributed by atoms with Gasteiger partial charge in [-0.05, 0) is 49.8 Å². The molecule has 0 unspecified atom stereocenters. The van der Waals surface area contributed by atoms with Crippen molar-refractivity contribution in [2.45, 2.75) is 39.2 Å². The molecule has 1 aliphatic heterocycles. The van der Waals surface area contributed by atoms with Gasteiger partial charge in [-0.1, -0.05) is 48.5 Å². The van der Waals surface area contributed by atoms with E-state index in [4.69, 9.17) is 0 Å². The number of hydrogen-bond donors (Lipinski definition) is 1. The van der Waals surface area contributed by atoms with Crippen molar-refractivity contribution < 1.29 is 13.2 Å². The first-order chi connectivity index (χ1) is 16.4. The zero-order chi connectivity index (χ0) is 24.0. The number of para-hydroxylation sites is 1. The molecular weight excluding hydrogens is 448 g/mol. The van der Waals surface area contributed by atoms with E-state index in [0.717, 1.165) is 29.1 Å². The second-order valence-corrected chi connectivity index (χ2v) is 10.9. The van der Waals surface area contributed by atoms with Crippen molar-refractivity contribution in [3.63, 3.8) is 0 Å². The summed E-state index contributed by atoms with van der Waals surface area (Å²) in [6, 6.07) is 17.9. The van der Waals surface area contributed by atoms with Crippen molar-refractivity contribution in [3.05, 3.63) is 83.9 Å². The van der Waals surface area contributed by atoms with Gasteiger partial charge in [0.1, 0.15) is 5.82 Å². The molecule has 0 saturated carbocycles. The van der Waals surface area contributed by atoms with Gasteiger partial charge < -0.3 is 9.88 Å². The zero-order valence-electron chi connectivity index (χ0n) is 19.6. The van der Waals surface area contributed by atoms with Crippen LogP contribution in [0.25, 0.3) is 5.69 Å². The van der Waals surface area contributed by atoms with Gasteiger partial charge in [0.15, 0.2) is 0 Å². The molecule has 0 aliphatic carbocycles. The van der Waals surface area contributed by atoms with Crippen molar-refractivity contribution in [2.24, 2.45) is 5.92 Å². The molecule has 1 saturated heterocycles. The highest BCUT2D eigenvalue weighted by Gasteiger charge is 2.30. The Morgan fingerprint density at radius 1 is 1.06 bits per heavy atom. The van der Waals surface area contributed by atoms with Gasteiger partial charge >= 0.3 is 0 Å². The van der Waals surface area contributed by atoms with E-state index in [1.807, 2.05) is 72.3 Å². The molecule has 1 amide bonds. The molecule has 7 nitrogen and oxygen atoms in total. The lowest BCUT2D eigenvalue weighted by atomic mass is 9.97. The van der Waals surface area contributed by atoms with E-state index in [9.17, 15) is 13.2 Å². The lowest BCUT2D eigenvalue weighted by Gasteiger charge is -2.30. The van der Waals surface area contributed by atoms with E-state index in [2.05, 4.69) is 10.3 Å². The van der Waals surface area contributed by atoms with Crippen LogP contribution in [0.5, 0.6) is 0 Å². The van der Waals surface area contributed by atoms with Gasteiger partial charge in [-0.2, -0.15) is 0 Å². The summed E-state index contributed by atoms with van der Waals surface area (Å²) in [5.74, 6) is 0.843.